The summed E-state index contributed by atoms with van der Waals surface area (Å²) in [4.78, 5) is 0. The zero-order chi connectivity index (χ0) is 12.1. The van der Waals surface area contributed by atoms with E-state index in [0.29, 0.717) is 0 Å². The normalized spacial score (nSPS) is 34.2. The molecule has 0 radical (unpaired) electrons. The van der Waals surface area contributed by atoms with Gasteiger partial charge in [-0.25, -0.2) is 0 Å². The van der Waals surface area contributed by atoms with E-state index in [9.17, 15) is 4.21 Å². The highest BCUT2D eigenvalue weighted by Crippen LogP contribution is 2.28. The first-order valence-corrected chi connectivity index (χ1v) is 8.78. The summed E-state index contributed by atoms with van der Waals surface area (Å²) in [5, 5.41) is 0.288. The molecule has 3 atom stereocenters. The molecule has 2 aliphatic rings. The Morgan fingerprint density at radius 1 is 0.882 bits per heavy atom. The monoisotopic (exact) mass is 257 g/mol. The van der Waals surface area contributed by atoms with Crippen molar-refractivity contribution in [2.75, 3.05) is 5.75 Å². The summed E-state index contributed by atoms with van der Waals surface area (Å²) in [5.74, 6) is 1.66. The van der Waals surface area contributed by atoms with Crippen LogP contribution in [0, 0.1) is 5.92 Å². The summed E-state index contributed by atoms with van der Waals surface area (Å²) in [6, 6.07) is 0.192. The molecule has 0 aromatic rings. The van der Waals surface area contributed by atoms with E-state index in [4.69, 9.17) is 5.73 Å². The smallest absolute Gasteiger partial charge is 0.0499 e. The van der Waals surface area contributed by atoms with E-state index in [1.165, 1.54) is 51.4 Å². The molecule has 0 spiro atoms. The summed E-state index contributed by atoms with van der Waals surface area (Å²) in [6.07, 6.45) is 12.6. The van der Waals surface area contributed by atoms with E-state index >= 15 is 0 Å². The molecule has 2 rings (SSSR count). The predicted molar refractivity (Wildman–Crippen MR) is 74.4 cm³/mol. The Bertz CT molecular complexity index is 251. The fourth-order valence-corrected chi connectivity index (χ4v) is 5.34. The maximum Gasteiger partial charge on any atom is 0.0499 e. The van der Waals surface area contributed by atoms with Crippen molar-refractivity contribution in [3.8, 4) is 0 Å². The maximum absolute atomic E-state index is 12.5. The van der Waals surface area contributed by atoms with E-state index in [2.05, 4.69) is 0 Å². The number of nitrogens with two attached hydrogens (primary N) is 1. The van der Waals surface area contributed by atoms with Crippen LogP contribution < -0.4 is 5.73 Å². The highest BCUT2D eigenvalue weighted by atomic mass is 32.2. The Balaban J connectivity index is 1.85. The maximum atomic E-state index is 12.5. The van der Waals surface area contributed by atoms with Crippen LogP contribution in [-0.4, -0.2) is 21.3 Å². The molecule has 0 saturated heterocycles. The predicted octanol–water partition coefficient (Wildman–Crippen LogP) is 2.98. The van der Waals surface area contributed by atoms with Gasteiger partial charge in [0.15, 0.2) is 0 Å². The lowest BCUT2D eigenvalue weighted by Gasteiger charge is -2.26. The Morgan fingerprint density at radius 3 is 2.18 bits per heavy atom. The third-order valence-electron chi connectivity index (χ3n) is 4.47. The van der Waals surface area contributed by atoms with Crippen LogP contribution in [0.15, 0.2) is 0 Å². The second-order valence-corrected chi connectivity index (χ2v) is 7.59. The van der Waals surface area contributed by atoms with Crippen molar-refractivity contribution in [2.24, 2.45) is 11.7 Å². The number of hydrogen-bond acceptors (Lipinski definition) is 2. The summed E-state index contributed by atoms with van der Waals surface area (Å²) < 4.78 is 12.5. The van der Waals surface area contributed by atoms with Crippen LogP contribution >= 0.6 is 0 Å². The van der Waals surface area contributed by atoms with Crippen LogP contribution in [0.5, 0.6) is 0 Å². The van der Waals surface area contributed by atoms with E-state index in [-0.39, 0.29) is 11.3 Å². The third-order valence-corrected chi connectivity index (χ3v) is 6.53. The lowest BCUT2D eigenvalue weighted by molar-refractivity contribution is 0.454. The lowest BCUT2D eigenvalue weighted by atomic mass is 9.97. The first-order chi connectivity index (χ1) is 8.27. The molecule has 0 bridgehead atoms. The van der Waals surface area contributed by atoms with Crippen molar-refractivity contribution < 1.29 is 4.21 Å². The molecule has 17 heavy (non-hydrogen) atoms. The third kappa shape index (κ3) is 4.06. The standard InChI is InChI=1S/C14H27NOS/c15-13-9-3-1-2-4-10-14(13)17(16)11-12-7-5-6-8-12/h12-14H,1-11,15H2. The van der Waals surface area contributed by atoms with Crippen molar-refractivity contribution >= 4 is 10.8 Å². The molecule has 2 nitrogen and oxygen atoms in total. The minimum atomic E-state index is -0.670. The molecule has 3 unspecified atom stereocenters. The van der Waals surface area contributed by atoms with Crippen LogP contribution in [-0.2, 0) is 10.8 Å². The highest BCUT2D eigenvalue weighted by Gasteiger charge is 2.27. The van der Waals surface area contributed by atoms with Crippen LogP contribution in [0.25, 0.3) is 0 Å². The molecular weight excluding hydrogens is 230 g/mol. The van der Waals surface area contributed by atoms with Gasteiger partial charge in [0, 0.05) is 27.8 Å². The molecular formula is C14H27NOS. The van der Waals surface area contributed by atoms with E-state index in [1.807, 2.05) is 0 Å². The minimum Gasteiger partial charge on any atom is -0.327 e. The van der Waals surface area contributed by atoms with E-state index in [1.54, 1.807) is 0 Å². The van der Waals surface area contributed by atoms with Crippen LogP contribution in [0.1, 0.15) is 64.2 Å². The number of hydrogen-bond donors (Lipinski definition) is 1. The van der Waals surface area contributed by atoms with Gasteiger partial charge in [0.05, 0.1) is 0 Å². The van der Waals surface area contributed by atoms with Crippen molar-refractivity contribution in [3.05, 3.63) is 0 Å². The van der Waals surface area contributed by atoms with Gasteiger partial charge < -0.3 is 5.73 Å². The summed E-state index contributed by atoms with van der Waals surface area (Å²) in [6.45, 7) is 0. The minimum absolute atomic E-state index is 0.192. The molecule has 0 aliphatic heterocycles. The summed E-state index contributed by atoms with van der Waals surface area (Å²) >= 11 is 0. The van der Waals surface area contributed by atoms with Gasteiger partial charge >= 0.3 is 0 Å². The fraction of sp³-hybridized carbons (Fsp3) is 1.00. The molecule has 2 saturated carbocycles. The molecule has 0 heterocycles. The van der Waals surface area contributed by atoms with Crippen LogP contribution in [0.4, 0.5) is 0 Å². The molecule has 2 aliphatic carbocycles. The average Bonchev–Trinajstić information content (AvgIpc) is 2.76. The lowest BCUT2D eigenvalue weighted by Crippen LogP contribution is -2.40. The number of rotatable bonds is 3. The first kappa shape index (κ1) is 13.5. The quantitative estimate of drug-likeness (QED) is 0.844. The van der Waals surface area contributed by atoms with Gasteiger partial charge in [0.2, 0.25) is 0 Å². The van der Waals surface area contributed by atoms with E-state index < -0.39 is 10.8 Å². The zero-order valence-electron chi connectivity index (χ0n) is 10.9. The van der Waals surface area contributed by atoms with Gasteiger partial charge in [-0.3, -0.25) is 4.21 Å². The zero-order valence-corrected chi connectivity index (χ0v) is 11.7. The van der Waals surface area contributed by atoms with Gasteiger partial charge in [0.25, 0.3) is 0 Å². The average molecular weight is 257 g/mol. The molecule has 2 N–H and O–H groups in total. The largest absolute Gasteiger partial charge is 0.327 e. The Morgan fingerprint density at radius 2 is 1.47 bits per heavy atom. The van der Waals surface area contributed by atoms with Crippen molar-refractivity contribution in [2.45, 2.75) is 75.5 Å². The van der Waals surface area contributed by atoms with Crippen molar-refractivity contribution in [1.82, 2.24) is 0 Å². The fourth-order valence-electron chi connectivity index (χ4n) is 3.34. The summed E-state index contributed by atoms with van der Waals surface area (Å²) in [5.41, 5.74) is 6.23. The Labute approximate surface area is 108 Å². The molecule has 100 valence electrons. The van der Waals surface area contributed by atoms with Gasteiger partial charge in [-0.05, 0) is 31.6 Å². The highest BCUT2D eigenvalue weighted by molar-refractivity contribution is 7.85. The molecule has 0 amide bonds. The summed E-state index contributed by atoms with van der Waals surface area (Å²) in [7, 11) is -0.670. The molecule has 2 fully saturated rings. The SMILES string of the molecule is NC1CCCCCCC1S(=O)CC1CCCC1. The second-order valence-electron chi connectivity index (χ2n) is 5.89. The van der Waals surface area contributed by atoms with Gasteiger partial charge in [0.1, 0.15) is 0 Å². The van der Waals surface area contributed by atoms with Crippen molar-refractivity contribution in [1.29, 1.82) is 0 Å². The van der Waals surface area contributed by atoms with Gasteiger partial charge in [-0.2, -0.15) is 0 Å². The van der Waals surface area contributed by atoms with Gasteiger partial charge in [-0.15, -0.1) is 0 Å². The Hall–Kier alpha value is 0.110. The van der Waals surface area contributed by atoms with Crippen LogP contribution in [0.3, 0.4) is 0 Å². The first-order valence-electron chi connectivity index (χ1n) is 7.40. The van der Waals surface area contributed by atoms with E-state index in [0.717, 1.165) is 24.5 Å². The molecule has 0 aromatic carbocycles. The molecule has 3 heteroatoms. The van der Waals surface area contributed by atoms with Gasteiger partial charge in [-0.1, -0.05) is 38.5 Å². The topological polar surface area (TPSA) is 43.1 Å². The van der Waals surface area contributed by atoms with Crippen molar-refractivity contribution in [3.63, 3.8) is 0 Å². The molecule has 0 aromatic heterocycles. The Kier molecular flexibility index (Phi) is 5.49. The van der Waals surface area contributed by atoms with Crippen LogP contribution in [0.2, 0.25) is 0 Å². The second kappa shape index (κ2) is 6.89.